The van der Waals surface area contributed by atoms with Crippen molar-refractivity contribution >= 4 is 5.97 Å². The quantitative estimate of drug-likeness (QED) is 0.575. The Morgan fingerprint density at radius 2 is 2.13 bits per heavy atom. The van der Waals surface area contributed by atoms with Gasteiger partial charge in [0.15, 0.2) is 0 Å². The SMILES string of the molecule is CCCNC(CCOCC(C)C)C(=O)O. The van der Waals surface area contributed by atoms with Crippen LogP contribution in [0.4, 0.5) is 0 Å². The van der Waals surface area contributed by atoms with Gasteiger partial charge in [-0.1, -0.05) is 20.8 Å². The van der Waals surface area contributed by atoms with Crippen LogP contribution < -0.4 is 5.32 Å². The highest BCUT2D eigenvalue weighted by Gasteiger charge is 2.15. The maximum absolute atomic E-state index is 10.8. The van der Waals surface area contributed by atoms with Crippen LogP contribution in [0.25, 0.3) is 0 Å². The molecular formula is C11H23NO3. The first-order chi connectivity index (χ1) is 7.07. The van der Waals surface area contributed by atoms with Crippen molar-refractivity contribution in [2.45, 2.75) is 39.7 Å². The van der Waals surface area contributed by atoms with E-state index in [9.17, 15) is 4.79 Å². The van der Waals surface area contributed by atoms with E-state index in [0.717, 1.165) is 13.0 Å². The summed E-state index contributed by atoms with van der Waals surface area (Å²) in [6.07, 6.45) is 1.47. The molecule has 1 atom stereocenters. The predicted molar refractivity (Wildman–Crippen MR) is 60.0 cm³/mol. The number of aliphatic carboxylic acids is 1. The van der Waals surface area contributed by atoms with E-state index in [0.29, 0.717) is 25.6 Å². The van der Waals surface area contributed by atoms with Crippen molar-refractivity contribution in [2.75, 3.05) is 19.8 Å². The fraction of sp³-hybridized carbons (Fsp3) is 0.909. The Morgan fingerprint density at radius 1 is 1.47 bits per heavy atom. The largest absolute Gasteiger partial charge is 0.480 e. The van der Waals surface area contributed by atoms with Crippen LogP contribution in [0.5, 0.6) is 0 Å². The van der Waals surface area contributed by atoms with Gasteiger partial charge in [0.2, 0.25) is 0 Å². The zero-order valence-corrected chi connectivity index (χ0v) is 9.95. The Kier molecular flexibility index (Phi) is 8.33. The number of carboxylic acid groups (broad SMARTS) is 1. The van der Waals surface area contributed by atoms with Crippen LogP contribution in [0.15, 0.2) is 0 Å². The molecule has 0 saturated carbocycles. The number of hydrogen-bond acceptors (Lipinski definition) is 3. The van der Waals surface area contributed by atoms with Gasteiger partial charge in [-0.3, -0.25) is 4.79 Å². The van der Waals surface area contributed by atoms with Gasteiger partial charge in [-0.2, -0.15) is 0 Å². The maximum Gasteiger partial charge on any atom is 0.320 e. The van der Waals surface area contributed by atoms with Crippen LogP contribution in [-0.4, -0.2) is 36.9 Å². The molecule has 0 aliphatic carbocycles. The average molecular weight is 217 g/mol. The lowest BCUT2D eigenvalue weighted by atomic mass is 10.2. The van der Waals surface area contributed by atoms with Crippen LogP contribution >= 0.6 is 0 Å². The van der Waals surface area contributed by atoms with Gasteiger partial charge in [0.1, 0.15) is 6.04 Å². The fourth-order valence-corrected chi connectivity index (χ4v) is 1.15. The van der Waals surface area contributed by atoms with Crippen molar-refractivity contribution in [3.05, 3.63) is 0 Å². The zero-order valence-electron chi connectivity index (χ0n) is 9.95. The molecule has 2 N–H and O–H groups in total. The van der Waals surface area contributed by atoms with Gasteiger partial charge in [-0.15, -0.1) is 0 Å². The van der Waals surface area contributed by atoms with Gasteiger partial charge in [0, 0.05) is 13.2 Å². The summed E-state index contributed by atoms with van der Waals surface area (Å²) in [6.45, 7) is 8.10. The Hall–Kier alpha value is -0.610. The predicted octanol–water partition coefficient (Wildman–Crippen LogP) is 1.50. The van der Waals surface area contributed by atoms with E-state index >= 15 is 0 Å². The van der Waals surface area contributed by atoms with Gasteiger partial charge in [-0.25, -0.2) is 0 Å². The second-order valence-electron chi connectivity index (χ2n) is 4.10. The first-order valence-electron chi connectivity index (χ1n) is 5.61. The standard InChI is InChI=1S/C11H23NO3/c1-4-6-12-10(11(13)14)5-7-15-8-9(2)3/h9-10,12H,4-8H2,1-3H3,(H,13,14). The van der Waals surface area contributed by atoms with Gasteiger partial charge < -0.3 is 15.2 Å². The second-order valence-corrected chi connectivity index (χ2v) is 4.10. The molecule has 0 bridgehead atoms. The number of nitrogens with one attached hydrogen (secondary N) is 1. The molecule has 4 heteroatoms. The molecule has 1 unspecified atom stereocenters. The Morgan fingerprint density at radius 3 is 2.60 bits per heavy atom. The van der Waals surface area contributed by atoms with E-state index in [1.54, 1.807) is 0 Å². The number of carbonyl (C=O) groups is 1. The third-order valence-electron chi connectivity index (χ3n) is 1.94. The first-order valence-corrected chi connectivity index (χ1v) is 5.61. The molecule has 0 aromatic carbocycles. The van der Waals surface area contributed by atoms with Crippen molar-refractivity contribution in [1.82, 2.24) is 5.32 Å². The normalized spacial score (nSPS) is 13.1. The minimum Gasteiger partial charge on any atom is -0.480 e. The third kappa shape index (κ3) is 8.39. The summed E-state index contributed by atoms with van der Waals surface area (Å²) in [7, 11) is 0. The van der Waals surface area contributed by atoms with E-state index in [2.05, 4.69) is 19.2 Å². The molecule has 90 valence electrons. The minimum absolute atomic E-state index is 0.475. The Labute approximate surface area is 92.0 Å². The molecule has 0 saturated heterocycles. The minimum atomic E-state index is -0.795. The summed E-state index contributed by atoms with van der Waals surface area (Å²) in [4.78, 5) is 10.8. The van der Waals surface area contributed by atoms with Crippen LogP contribution in [0, 0.1) is 5.92 Å². The van der Waals surface area contributed by atoms with E-state index in [1.807, 2.05) is 6.92 Å². The van der Waals surface area contributed by atoms with Gasteiger partial charge in [0.25, 0.3) is 0 Å². The van der Waals surface area contributed by atoms with E-state index in [1.165, 1.54) is 0 Å². The smallest absolute Gasteiger partial charge is 0.320 e. The molecule has 0 aliphatic heterocycles. The topological polar surface area (TPSA) is 58.6 Å². The molecule has 4 nitrogen and oxygen atoms in total. The van der Waals surface area contributed by atoms with Gasteiger partial charge >= 0.3 is 5.97 Å². The van der Waals surface area contributed by atoms with Crippen LogP contribution in [0.1, 0.15) is 33.6 Å². The van der Waals surface area contributed by atoms with E-state index in [-0.39, 0.29) is 0 Å². The van der Waals surface area contributed by atoms with Crippen LogP contribution in [0.2, 0.25) is 0 Å². The number of ether oxygens (including phenoxy) is 1. The van der Waals surface area contributed by atoms with Crippen LogP contribution in [0.3, 0.4) is 0 Å². The van der Waals surface area contributed by atoms with E-state index < -0.39 is 12.0 Å². The Balaban J connectivity index is 3.62. The summed E-state index contributed by atoms with van der Waals surface area (Å²) in [6, 6.07) is -0.475. The Bertz CT molecular complexity index is 171. The molecule has 15 heavy (non-hydrogen) atoms. The maximum atomic E-state index is 10.8. The van der Waals surface area contributed by atoms with E-state index in [4.69, 9.17) is 9.84 Å². The van der Waals surface area contributed by atoms with Gasteiger partial charge in [-0.05, 0) is 25.3 Å². The van der Waals surface area contributed by atoms with Gasteiger partial charge in [0.05, 0.1) is 0 Å². The highest BCUT2D eigenvalue weighted by molar-refractivity contribution is 5.73. The molecule has 0 heterocycles. The lowest BCUT2D eigenvalue weighted by Gasteiger charge is -2.14. The van der Waals surface area contributed by atoms with Crippen molar-refractivity contribution in [3.63, 3.8) is 0 Å². The average Bonchev–Trinajstić information content (AvgIpc) is 2.15. The second kappa shape index (κ2) is 8.68. The molecule has 0 aliphatic rings. The lowest BCUT2D eigenvalue weighted by molar-refractivity contribution is -0.140. The number of hydrogen-bond donors (Lipinski definition) is 2. The summed E-state index contributed by atoms with van der Waals surface area (Å²) in [5, 5.41) is 11.9. The van der Waals surface area contributed by atoms with Crippen molar-refractivity contribution in [3.8, 4) is 0 Å². The summed E-state index contributed by atoms with van der Waals surface area (Å²) in [5.41, 5.74) is 0. The van der Waals surface area contributed by atoms with Crippen molar-refractivity contribution in [1.29, 1.82) is 0 Å². The summed E-state index contributed by atoms with van der Waals surface area (Å²) in [5.74, 6) is -0.298. The summed E-state index contributed by atoms with van der Waals surface area (Å²) < 4.78 is 5.35. The molecule has 0 fully saturated rings. The number of carboxylic acids is 1. The molecule has 0 aromatic heterocycles. The molecule has 0 spiro atoms. The number of rotatable bonds is 9. The molecule has 0 aromatic rings. The monoisotopic (exact) mass is 217 g/mol. The highest BCUT2D eigenvalue weighted by Crippen LogP contribution is 1.97. The molecule has 0 amide bonds. The fourth-order valence-electron chi connectivity index (χ4n) is 1.15. The lowest BCUT2D eigenvalue weighted by Crippen LogP contribution is -2.38. The van der Waals surface area contributed by atoms with Crippen molar-refractivity contribution in [2.24, 2.45) is 5.92 Å². The summed E-state index contributed by atoms with van der Waals surface area (Å²) >= 11 is 0. The van der Waals surface area contributed by atoms with Crippen molar-refractivity contribution < 1.29 is 14.6 Å². The van der Waals surface area contributed by atoms with Crippen LogP contribution in [-0.2, 0) is 9.53 Å². The zero-order chi connectivity index (χ0) is 11.7. The molecular weight excluding hydrogens is 194 g/mol. The highest BCUT2D eigenvalue weighted by atomic mass is 16.5. The third-order valence-corrected chi connectivity index (χ3v) is 1.94. The molecule has 0 radical (unpaired) electrons. The molecule has 0 rings (SSSR count). The first kappa shape index (κ1) is 14.4.